The Morgan fingerprint density at radius 2 is 1.46 bits per heavy atom. The Hall–Kier alpha value is -1.43. The largest absolute Gasteiger partial charge is 0.510 e. The summed E-state index contributed by atoms with van der Waals surface area (Å²) < 4.78 is 0. The summed E-state index contributed by atoms with van der Waals surface area (Å²) in [6.07, 6.45) is 4.76. The van der Waals surface area contributed by atoms with Crippen molar-refractivity contribution in [2.24, 2.45) is 5.41 Å². The number of halogens is 1. The van der Waals surface area contributed by atoms with Crippen molar-refractivity contribution in [1.29, 1.82) is 0 Å². The van der Waals surface area contributed by atoms with Gasteiger partial charge in [-0.3, -0.25) is 0 Å². The first-order chi connectivity index (χ1) is 10.8. The highest BCUT2D eigenvalue weighted by molar-refractivity contribution is 6.32. The molecule has 0 aromatic rings. The van der Waals surface area contributed by atoms with Gasteiger partial charge in [0.2, 0.25) is 0 Å². The molecule has 0 aromatic carbocycles. The van der Waals surface area contributed by atoms with E-state index in [9.17, 15) is 5.11 Å². The van der Waals surface area contributed by atoms with Crippen molar-refractivity contribution in [1.82, 2.24) is 0 Å². The second-order valence-electron chi connectivity index (χ2n) is 6.35. The molecule has 0 spiro atoms. The van der Waals surface area contributed by atoms with Crippen molar-refractivity contribution in [3.05, 3.63) is 46.2 Å². The van der Waals surface area contributed by atoms with Crippen LogP contribution in [0.5, 0.6) is 0 Å². The maximum absolute atomic E-state index is 9.69. The van der Waals surface area contributed by atoms with E-state index in [0.717, 1.165) is 16.7 Å². The van der Waals surface area contributed by atoms with E-state index in [-0.39, 0.29) is 11.2 Å². The Balaban J connectivity index is -0.000000337. The molecule has 3 heteroatoms. The molecule has 0 radical (unpaired) electrons. The fourth-order valence-corrected chi connectivity index (χ4v) is 1.45. The summed E-state index contributed by atoms with van der Waals surface area (Å²) in [6.45, 7) is 24.2. The molecular formula is C21H35ClO2. The molecule has 24 heavy (non-hydrogen) atoms. The minimum absolute atomic E-state index is 0.234. The van der Waals surface area contributed by atoms with Crippen LogP contribution in [0.25, 0.3) is 0 Å². The molecule has 2 nitrogen and oxygen atoms in total. The summed E-state index contributed by atoms with van der Waals surface area (Å²) in [5.41, 5.74) is 2.50. The minimum Gasteiger partial charge on any atom is -0.510 e. The predicted octanol–water partition coefficient (Wildman–Crippen LogP) is 6.54. The Kier molecular flexibility index (Phi) is 14.8. The normalized spacial score (nSPS) is 13.6. The summed E-state index contributed by atoms with van der Waals surface area (Å²) in [6, 6.07) is 0. The molecule has 0 fully saturated rings. The lowest BCUT2D eigenvalue weighted by atomic mass is 9.89. The molecule has 0 aromatic heterocycles. The van der Waals surface area contributed by atoms with Crippen LogP contribution < -0.4 is 0 Å². The van der Waals surface area contributed by atoms with Gasteiger partial charge in [-0.25, -0.2) is 0 Å². The van der Waals surface area contributed by atoms with Crippen LogP contribution in [0.15, 0.2) is 46.2 Å². The molecule has 0 aliphatic heterocycles. The van der Waals surface area contributed by atoms with Crippen LogP contribution in [0, 0.1) is 17.8 Å². The van der Waals surface area contributed by atoms with E-state index in [1.54, 1.807) is 20.8 Å². The minimum atomic E-state index is -0.482. The van der Waals surface area contributed by atoms with Crippen LogP contribution in [-0.2, 0) is 0 Å². The number of hydrogen-bond donors (Lipinski definition) is 2. The third kappa shape index (κ3) is 11.2. The van der Waals surface area contributed by atoms with Gasteiger partial charge in [-0.1, -0.05) is 65.3 Å². The van der Waals surface area contributed by atoms with E-state index in [4.69, 9.17) is 23.1 Å². The van der Waals surface area contributed by atoms with Gasteiger partial charge in [-0.2, -0.15) is 0 Å². The Labute approximate surface area is 154 Å². The number of hydrogen-bond acceptors (Lipinski definition) is 2. The fraction of sp³-hybridized carbons (Fsp3) is 0.524. The lowest BCUT2D eigenvalue weighted by molar-refractivity contribution is 0.231. The molecular weight excluding hydrogens is 320 g/mol. The lowest BCUT2D eigenvalue weighted by Gasteiger charge is -2.19. The van der Waals surface area contributed by atoms with Gasteiger partial charge in [0.15, 0.2) is 0 Å². The topological polar surface area (TPSA) is 40.5 Å². The molecule has 1 unspecified atom stereocenters. The maximum Gasteiger partial charge on any atom is 0.113 e. The second kappa shape index (κ2) is 12.9. The van der Waals surface area contributed by atoms with E-state index >= 15 is 0 Å². The van der Waals surface area contributed by atoms with Gasteiger partial charge in [-0.05, 0) is 44.4 Å². The van der Waals surface area contributed by atoms with E-state index in [0.29, 0.717) is 10.6 Å². The first kappa shape index (κ1) is 27.4. The van der Waals surface area contributed by atoms with Gasteiger partial charge in [0, 0.05) is 10.4 Å². The van der Waals surface area contributed by atoms with E-state index < -0.39 is 6.10 Å². The fourth-order valence-electron chi connectivity index (χ4n) is 1.29. The summed E-state index contributed by atoms with van der Waals surface area (Å²) in [5.74, 6) is 2.67. The summed E-state index contributed by atoms with van der Waals surface area (Å²) in [5, 5.41) is 19.3. The molecule has 0 heterocycles. The zero-order valence-corrected chi connectivity index (χ0v) is 17.6. The van der Waals surface area contributed by atoms with Crippen LogP contribution in [-0.4, -0.2) is 16.3 Å². The summed E-state index contributed by atoms with van der Waals surface area (Å²) >= 11 is 5.78. The van der Waals surface area contributed by atoms with Gasteiger partial charge in [0.1, 0.15) is 5.76 Å². The van der Waals surface area contributed by atoms with Crippen molar-refractivity contribution in [3.8, 4) is 12.3 Å². The van der Waals surface area contributed by atoms with Crippen LogP contribution in [0.2, 0.25) is 0 Å². The van der Waals surface area contributed by atoms with E-state index in [1.807, 2.05) is 41.5 Å². The average Bonchev–Trinajstić information content (AvgIpc) is 2.47. The smallest absolute Gasteiger partial charge is 0.113 e. The monoisotopic (exact) mass is 354 g/mol. The number of aliphatic hydroxyl groups is 2. The van der Waals surface area contributed by atoms with Crippen LogP contribution in [0.1, 0.15) is 62.3 Å². The maximum atomic E-state index is 9.69. The Morgan fingerprint density at radius 3 is 1.54 bits per heavy atom. The lowest BCUT2D eigenvalue weighted by Crippen LogP contribution is -2.11. The Morgan fingerprint density at radius 1 is 1.08 bits per heavy atom. The van der Waals surface area contributed by atoms with E-state index in [1.165, 1.54) is 0 Å². The molecule has 0 bridgehead atoms. The van der Waals surface area contributed by atoms with Crippen LogP contribution >= 0.6 is 11.6 Å². The molecule has 138 valence electrons. The third-order valence-electron chi connectivity index (χ3n) is 2.87. The Bertz CT molecular complexity index is 521. The number of rotatable bonds is 3. The van der Waals surface area contributed by atoms with Gasteiger partial charge in [0.05, 0.1) is 11.7 Å². The zero-order valence-electron chi connectivity index (χ0n) is 16.8. The third-order valence-corrected chi connectivity index (χ3v) is 3.49. The highest BCUT2D eigenvalue weighted by Gasteiger charge is 2.19. The van der Waals surface area contributed by atoms with Gasteiger partial charge >= 0.3 is 0 Å². The molecule has 1 atom stereocenters. The SMILES string of the molecule is C#C/C(C(=C)C)=C(/O)C(C)(C)C.C=C(C)/C(Cl)=C(/C)C(C)O.CC. The number of allylic oxidation sites excluding steroid dienone is 5. The zero-order chi connectivity index (χ0) is 20.2. The van der Waals surface area contributed by atoms with Crippen molar-refractivity contribution < 1.29 is 10.2 Å². The van der Waals surface area contributed by atoms with Crippen molar-refractivity contribution in [2.75, 3.05) is 0 Å². The standard InChI is InChI=1S/C11H16O.C8H13ClO.C2H6/c1-7-9(8(2)3)10(12)11(4,5)6;1-5(2)8(9)6(3)7(4)10;1-2/h1,12H,2H2,3-6H3;7,10H,1H2,2-4H3;1-2H3/b10-9-;8-6+;. The van der Waals surface area contributed by atoms with Crippen molar-refractivity contribution in [2.45, 2.75) is 68.4 Å². The number of terminal acetylenes is 1. The molecule has 2 N–H and O–H groups in total. The van der Waals surface area contributed by atoms with Crippen molar-refractivity contribution in [3.63, 3.8) is 0 Å². The average molecular weight is 355 g/mol. The molecule has 0 amide bonds. The highest BCUT2D eigenvalue weighted by Crippen LogP contribution is 2.27. The first-order valence-corrected chi connectivity index (χ1v) is 8.41. The van der Waals surface area contributed by atoms with Crippen molar-refractivity contribution >= 4 is 11.6 Å². The van der Waals surface area contributed by atoms with E-state index in [2.05, 4.69) is 19.1 Å². The molecule has 0 saturated heterocycles. The van der Waals surface area contributed by atoms with Crippen LogP contribution in [0.3, 0.4) is 0 Å². The molecule has 0 rings (SSSR count). The first-order valence-electron chi connectivity index (χ1n) is 8.03. The van der Waals surface area contributed by atoms with Gasteiger partial charge in [0.25, 0.3) is 0 Å². The molecule has 0 saturated carbocycles. The molecule has 0 aliphatic carbocycles. The van der Waals surface area contributed by atoms with Gasteiger partial charge < -0.3 is 10.2 Å². The molecule has 0 aliphatic rings. The highest BCUT2D eigenvalue weighted by atomic mass is 35.5. The number of aliphatic hydroxyl groups excluding tert-OH is 2. The predicted molar refractivity (Wildman–Crippen MR) is 109 cm³/mol. The van der Waals surface area contributed by atoms with Gasteiger partial charge in [-0.15, -0.1) is 6.42 Å². The summed E-state index contributed by atoms with van der Waals surface area (Å²) in [4.78, 5) is 0. The quantitative estimate of drug-likeness (QED) is 0.343. The second-order valence-corrected chi connectivity index (χ2v) is 6.73. The summed E-state index contributed by atoms with van der Waals surface area (Å²) in [7, 11) is 0. The van der Waals surface area contributed by atoms with Crippen LogP contribution in [0.4, 0.5) is 0 Å².